The summed E-state index contributed by atoms with van der Waals surface area (Å²) in [5.74, 6) is -1.37. The summed E-state index contributed by atoms with van der Waals surface area (Å²) in [5, 5.41) is 0. The van der Waals surface area contributed by atoms with E-state index in [0.717, 1.165) is 5.69 Å². The normalized spacial score (nSPS) is 18.0. The number of morpholine rings is 1. The Morgan fingerprint density at radius 3 is 2.68 bits per heavy atom. The zero-order valence-electron chi connectivity index (χ0n) is 15.5. The fourth-order valence-corrected chi connectivity index (χ4v) is 3.22. The van der Waals surface area contributed by atoms with Crippen molar-refractivity contribution in [2.75, 3.05) is 44.2 Å². The highest BCUT2D eigenvalue weighted by atomic mass is 16.5. The Balaban J connectivity index is 1.66. The maximum atomic E-state index is 12.9. The van der Waals surface area contributed by atoms with Crippen LogP contribution < -0.4 is 20.5 Å². The largest absolute Gasteiger partial charge is 0.416 e. The lowest BCUT2D eigenvalue weighted by atomic mass is 10.2. The summed E-state index contributed by atoms with van der Waals surface area (Å²) in [4.78, 5) is 41.4. The zero-order chi connectivity index (χ0) is 19.8. The lowest BCUT2D eigenvalue weighted by Crippen LogP contribution is -2.59. The molecular weight excluding hydrogens is 364 g/mol. The third-order valence-corrected chi connectivity index (χ3v) is 4.75. The van der Waals surface area contributed by atoms with Crippen LogP contribution >= 0.6 is 0 Å². The summed E-state index contributed by atoms with van der Waals surface area (Å²) in [5.41, 5.74) is 3.77. The molecule has 28 heavy (non-hydrogen) atoms. The van der Waals surface area contributed by atoms with E-state index in [1.54, 1.807) is 29.2 Å². The van der Waals surface area contributed by atoms with Crippen LogP contribution in [0.4, 0.5) is 5.69 Å². The Kier molecular flexibility index (Phi) is 4.52. The molecule has 2 aromatic rings. The molecule has 1 aromatic heterocycles. The van der Waals surface area contributed by atoms with Gasteiger partial charge >= 0.3 is 5.97 Å². The van der Waals surface area contributed by atoms with Gasteiger partial charge in [-0.2, -0.15) is 0 Å². The van der Waals surface area contributed by atoms with Gasteiger partial charge in [0.1, 0.15) is 6.17 Å². The van der Waals surface area contributed by atoms with Crippen molar-refractivity contribution in [2.45, 2.75) is 6.17 Å². The third kappa shape index (κ3) is 3.09. The van der Waals surface area contributed by atoms with Crippen molar-refractivity contribution in [2.24, 2.45) is 0 Å². The number of ether oxygens (including phenoxy) is 2. The number of esters is 1. The van der Waals surface area contributed by atoms with Crippen LogP contribution in [0, 0.1) is 0 Å². The van der Waals surface area contributed by atoms with E-state index in [-0.39, 0.29) is 29.1 Å². The van der Waals surface area contributed by atoms with E-state index in [4.69, 9.17) is 9.47 Å². The number of anilines is 1. The van der Waals surface area contributed by atoms with Gasteiger partial charge in [0.2, 0.25) is 11.2 Å². The van der Waals surface area contributed by atoms with Gasteiger partial charge in [-0.25, -0.2) is 4.79 Å². The number of hydrogen-bond donors (Lipinski definition) is 1. The number of pyridine rings is 1. The summed E-state index contributed by atoms with van der Waals surface area (Å²) >= 11 is 0. The fourth-order valence-electron chi connectivity index (χ4n) is 3.22. The molecule has 0 aliphatic carbocycles. The highest BCUT2D eigenvalue weighted by molar-refractivity contribution is 5.98. The molecule has 3 heterocycles. The number of carbonyl (C=O) groups is 2. The van der Waals surface area contributed by atoms with Crippen molar-refractivity contribution in [3.63, 3.8) is 0 Å². The first kappa shape index (κ1) is 18.1. The van der Waals surface area contributed by atoms with Gasteiger partial charge in [-0.05, 0) is 24.3 Å². The second-order valence-corrected chi connectivity index (χ2v) is 6.78. The average Bonchev–Trinajstić information content (AvgIpc) is 2.70. The van der Waals surface area contributed by atoms with Gasteiger partial charge in [0, 0.05) is 38.6 Å². The molecule has 0 unspecified atom stereocenters. The van der Waals surface area contributed by atoms with Crippen LogP contribution in [0.25, 0.3) is 0 Å². The van der Waals surface area contributed by atoms with Gasteiger partial charge < -0.3 is 24.7 Å². The number of nitrogens with one attached hydrogen (secondary N) is 1. The van der Waals surface area contributed by atoms with Gasteiger partial charge in [-0.3, -0.25) is 14.3 Å². The maximum absolute atomic E-state index is 12.9. The lowest BCUT2D eigenvalue weighted by Gasteiger charge is -2.41. The number of aromatic nitrogens is 1. The van der Waals surface area contributed by atoms with E-state index >= 15 is 0 Å². The summed E-state index contributed by atoms with van der Waals surface area (Å²) < 4.78 is 12.2. The SMILES string of the molecule is CN(C)c1ccc(C(=O)Oc2c3n(ccc2=O)N[C@@H]2COCCN2C3=O)cc1. The summed E-state index contributed by atoms with van der Waals surface area (Å²) in [6.45, 7) is 1.14. The molecule has 1 saturated heterocycles. The van der Waals surface area contributed by atoms with Gasteiger partial charge in [0.25, 0.3) is 5.91 Å². The lowest BCUT2D eigenvalue weighted by molar-refractivity contribution is -0.00317. The summed E-state index contributed by atoms with van der Waals surface area (Å²) in [7, 11) is 3.78. The second kappa shape index (κ2) is 7.01. The molecule has 1 amide bonds. The minimum atomic E-state index is -0.701. The first-order valence-electron chi connectivity index (χ1n) is 8.86. The Morgan fingerprint density at radius 2 is 1.96 bits per heavy atom. The van der Waals surface area contributed by atoms with Crippen molar-refractivity contribution in [3.8, 4) is 5.75 Å². The zero-order valence-corrected chi connectivity index (χ0v) is 15.5. The van der Waals surface area contributed by atoms with E-state index in [9.17, 15) is 14.4 Å². The fraction of sp³-hybridized carbons (Fsp3) is 0.316. The van der Waals surface area contributed by atoms with E-state index in [1.807, 2.05) is 19.0 Å². The predicted molar refractivity (Wildman–Crippen MR) is 101 cm³/mol. The van der Waals surface area contributed by atoms with Crippen molar-refractivity contribution >= 4 is 17.6 Å². The Bertz CT molecular complexity index is 983. The Morgan fingerprint density at radius 1 is 1.21 bits per heavy atom. The number of benzene rings is 1. The molecule has 9 heteroatoms. The standard InChI is InChI=1S/C19H20N4O5/c1-21(2)13-5-3-12(4-6-13)19(26)28-17-14(24)7-8-23-16(17)18(25)22-9-10-27-11-15(22)20-23/h3-8,15,20H,9-11H2,1-2H3/t15-/m0/s1. The van der Waals surface area contributed by atoms with Crippen LogP contribution in [0.1, 0.15) is 20.8 Å². The molecule has 0 saturated carbocycles. The molecule has 0 bridgehead atoms. The van der Waals surface area contributed by atoms with Crippen molar-refractivity contribution in [1.29, 1.82) is 0 Å². The number of fused-ring (bicyclic) bond motifs is 2. The highest BCUT2D eigenvalue weighted by Crippen LogP contribution is 2.23. The number of carbonyl (C=O) groups excluding carboxylic acids is 2. The van der Waals surface area contributed by atoms with Crippen LogP contribution in [-0.2, 0) is 4.74 Å². The molecule has 2 aliphatic rings. The molecule has 146 valence electrons. The van der Waals surface area contributed by atoms with Gasteiger partial charge in [-0.15, -0.1) is 0 Å². The van der Waals surface area contributed by atoms with Crippen LogP contribution in [0.2, 0.25) is 0 Å². The molecule has 4 rings (SSSR count). The van der Waals surface area contributed by atoms with Crippen LogP contribution in [0.3, 0.4) is 0 Å². The first-order valence-corrected chi connectivity index (χ1v) is 8.86. The molecule has 0 spiro atoms. The van der Waals surface area contributed by atoms with Crippen molar-refractivity contribution in [1.82, 2.24) is 9.58 Å². The minimum Gasteiger partial charge on any atom is -0.416 e. The van der Waals surface area contributed by atoms with Crippen LogP contribution in [-0.4, -0.2) is 61.5 Å². The third-order valence-electron chi connectivity index (χ3n) is 4.75. The maximum Gasteiger partial charge on any atom is 0.343 e. The number of nitrogens with zero attached hydrogens (tertiary/aromatic N) is 3. The van der Waals surface area contributed by atoms with E-state index in [2.05, 4.69) is 5.43 Å². The predicted octanol–water partition coefficient (Wildman–Crippen LogP) is 0.489. The topological polar surface area (TPSA) is 93.1 Å². The molecule has 1 atom stereocenters. The quantitative estimate of drug-likeness (QED) is 0.770. The smallest absolute Gasteiger partial charge is 0.343 e. The Hall–Kier alpha value is -3.33. The summed E-state index contributed by atoms with van der Waals surface area (Å²) in [6, 6.07) is 8.02. The second-order valence-electron chi connectivity index (χ2n) is 6.78. The van der Waals surface area contributed by atoms with Crippen LogP contribution in [0.5, 0.6) is 5.75 Å². The van der Waals surface area contributed by atoms with Crippen molar-refractivity contribution < 1.29 is 19.1 Å². The number of amides is 1. The molecule has 1 aromatic carbocycles. The minimum absolute atomic E-state index is 0.00362. The van der Waals surface area contributed by atoms with Gasteiger partial charge in [-0.1, -0.05) is 0 Å². The molecule has 1 fully saturated rings. The van der Waals surface area contributed by atoms with E-state index in [0.29, 0.717) is 19.8 Å². The molecule has 0 radical (unpaired) electrons. The molecule has 9 nitrogen and oxygen atoms in total. The Labute approximate surface area is 161 Å². The van der Waals surface area contributed by atoms with Crippen LogP contribution in [0.15, 0.2) is 41.3 Å². The molecule has 2 aliphatic heterocycles. The monoisotopic (exact) mass is 384 g/mol. The molecular formula is C19H20N4O5. The van der Waals surface area contributed by atoms with E-state index in [1.165, 1.54) is 16.9 Å². The number of hydrogen-bond acceptors (Lipinski definition) is 7. The molecule has 1 N–H and O–H groups in total. The number of rotatable bonds is 3. The van der Waals surface area contributed by atoms with Gasteiger partial charge in [0.05, 0.1) is 18.8 Å². The first-order chi connectivity index (χ1) is 13.5. The average molecular weight is 384 g/mol. The summed E-state index contributed by atoms with van der Waals surface area (Å²) in [6.07, 6.45) is 1.11. The van der Waals surface area contributed by atoms with Gasteiger partial charge in [0.15, 0.2) is 5.69 Å². The highest BCUT2D eigenvalue weighted by Gasteiger charge is 2.37. The van der Waals surface area contributed by atoms with Crippen molar-refractivity contribution in [3.05, 3.63) is 58.0 Å². The van der Waals surface area contributed by atoms with E-state index < -0.39 is 11.4 Å².